The maximum Gasteiger partial charge on any atom is 0.264 e. The van der Waals surface area contributed by atoms with Gasteiger partial charge in [0.05, 0.1) is 4.91 Å². The Balaban J connectivity index is 1.62. The number of hydrogen-bond donors (Lipinski definition) is 0. The van der Waals surface area contributed by atoms with Gasteiger partial charge in [-0.2, -0.15) is 0 Å². The summed E-state index contributed by atoms with van der Waals surface area (Å²) in [5, 5.41) is 0. The van der Waals surface area contributed by atoms with E-state index in [-0.39, 0.29) is 5.91 Å². The van der Waals surface area contributed by atoms with E-state index in [1.54, 1.807) is 11.8 Å². The van der Waals surface area contributed by atoms with Gasteiger partial charge >= 0.3 is 0 Å². The van der Waals surface area contributed by atoms with Crippen LogP contribution in [0.2, 0.25) is 0 Å². The Morgan fingerprint density at radius 1 is 0.966 bits per heavy atom. The minimum absolute atomic E-state index is 0.0994. The quantitative estimate of drug-likeness (QED) is 0.708. The monoisotopic (exact) mass is 407 g/mol. The van der Waals surface area contributed by atoms with Crippen molar-refractivity contribution in [3.8, 4) is 0 Å². The van der Waals surface area contributed by atoms with Crippen LogP contribution < -0.4 is 9.80 Å². The number of rotatable bonds is 3. The third kappa shape index (κ3) is 4.21. The number of likely N-dealkylation sites (N-methyl/N-ethyl adjacent to an activating group) is 1. The predicted molar refractivity (Wildman–Crippen MR) is 125 cm³/mol. The summed E-state index contributed by atoms with van der Waals surface area (Å²) in [6, 6.07) is 19.4. The molecule has 29 heavy (non-hydrogen) atoms. The molecule has 152 valence electrons. The first kappa shape index (κ1) is 20.0. The molecule has 4 rings (SSSR count). The summed E-state index contributed by atoms with van der Waals surface area (Å²) in [6.07, 6.45) is 2.09. The van der Waals surface area contributed by atoms with Crippen molar-refractivity contribution in [2.24, 2.45) is 0 Å². The number of para-hydroxylation sites is 2. The molecule has 2 unspecified atom stereocenters. The molecule has 2 aromatic carbocycles. The van der Waals surface area contributed by atoms with Gasteiger partial charge in [-0.05, 0) is 50.7 Å². The molecule has 0 radical (unpaired) electrons. The second-order valence-corrected chi connectivity index (χ2v) is 9.11. The lowest BCUT2D eigenvalue weighted by Gasteiger charge is -2.44. The van der Waals surface area contributed by atoms with E-state index >= 15 is 0 Å². The molecule has 2 saturated heterocycles. The number of amides is 1. The van der Waals surface area contributed by atoms with Crippen LogP contribution >= 0.6 is 11.8 Å². The van der Waals surface area contributed by atoms with E-state index in [0.29, 0.717) is 12.1 Å². The molecular formula is C24H29N3OS. The number of carbonyl (C=O) groups is 1. The summed E-state index contributed by atoms with van der Waals surface area (Å²) in [5.74, 6) is 1.01. The zero-order chi connectivity index (χ0) is 20.4. The lowest BCUT2D eigenvalue weighted by atomic mass is 10.1. The number of hydrogen-bond acceptors (Lipinski definition) is 4. The van der Waals surface area contributed by atoms with Gasteiger partial charge in [0.2, 0.25) is 0 Å². The number of thioether (sulfide) groups is 1. The Labute approximate surface area is 178 Å². The van der Waals surface area contributed by atoms with E-state index in [2.05, 4.69) is 61.0 Å². The fourth-order valence-corrected chi connectivity index (χ4v) is 5.08. The third-order valence-corrected chi connectivity index (χ3v) is 7.01. The smallest absolute Gasteiger partial charge is 0.264 e. The van der Waals surface area contributed by atoms with Crippen LogP contribution in [0.25, 0.3) is 6.08 Å². The molecule has 2 aromatic rings. The second kappa shape index (κ2) is 8.64. The molecule has 4 nitrogen and oxygen atoms in total. The lowest BCUT2D eigenvalue weighted by Crippen LogP contribution is -2.55. The minimum Gasteiger partial charge on any atom is -0.368 e. The van der Waals surface area contributed by atoms with Crippen LogP contribution in [-0.2, 0) is 4.79 Å². The Morgan fingerprint density at radius 2 is 1.62 bits per heavy atom. The van der Waals surface area contributed by atoms with Crippen LogP contribution in [-0.4, -0.2) is 55.3 Å². The predicted octanol–water partition coefficient (Wildman–Crippen LogP) is 4.34. The molecule has 0 aliphatic carbocycles. The molecule has 0 saturated carbocycles. The Morgan fingerprint density at radius 3 is 2.34 bits per heavy atom. The van der Waals surface area contributed by atoms with Gasteiger partial charge in [0.15, 0.2) is 0 Å². The average Bonchev–Trinajstić information content (AvgIpc) is 2.74. The highest BCUT2D eigenvalue weighted by Crippen LogP contribution is 2.33. The minimum atomic E-state index is 0.0994. The van der Waals surface area contributed by atoms with Crippen LogP contribution in [0.1, 0.15) is 19.4 Å². The van der Waals surface area contributed by atoms with Crippen molar-refractivity contribution in [1.82, 2.24) is 4.90 Å². The molecular weight excluding hydrogens is 378 g/mol. The first-order valence-electron chi connectivity index (χ1n) is 10.3. The largest absolute Gasteiger partial charge is 0.368 e. The number of benzene rings is 2. The van der Waals surface area contributed by atoms with Gasteiger partial charge < -0.3 is 9.80 Å². The van der Waals surface area contributed by atoms with Crippen molar-refractivity contribution in [1.29, 1.82) is 0 Å². The van der Waals surface area contributed by atoms with Crippen LogP contribution in [0.4, 0.5) is 11.4 Å². The van der Waals surface area contributed by atoms with Crippen molar-refractivity contribution >= 4 is 35.1 Å². The highest BCUT2D eigenvalue weighted by Gasteiger charge is 2.28. The number of nitrogens with zero attached hydrogens (tertiary/aromatic N) is 3. The third-order valence-electron chi connectivity index (χ3n) is 6.02. The van der Waals surface area contributed by atoms with Crippen molar-refractivity contribution in [3.05, 3.63) is 65.1 Å². The normalized spacial score (nSPS) is 24.9. The van der Waals surface area contributed by atoms with Gasteiger partial charge in [-0.25, -0.2) is 0 Å². The molecule has 5 heteroatoms. The zero-order valence-corrected chi connectivity index (χ0v) is 18.2. The van der Waals surface area contributed by atoms with Gasteiger partial charge in [0, 0.05) is 48.8 Å². The summed E-state index contributed by atoms with van der Waals surface area (Å²) in [6.45, 7) is 7.31. The highest BCUT2D eigenvalue weighted by atomic mass is 32.2. The SMILES string of the molecule is CC1CN(c2ccccc2C=C2SCCN(c3ccccc3)C2=O)CC(C)N1C. The standard InChI is InChI=1S/C24H29N3OS/c1-18-16-26(17-19(2)25(18)3)22-12-8-7-9-20(22)15-23-24(28)27(13-14-29-23)21-10-5-4-6-11-21/h4-12,15,18-19H,13-14,16-17H2,1-3H3. The Hall–Kier alpha value is -2.24. The average molecular weight is 408 g/mol. The molecule has 2 aliphatic rings. The van der Waals surface area contributed by atoms with Gasteiger partial charge in [-0.1, -0.05) is 36.4 Å². The van der Waals surface area contributed by atoms with Gasteiger partial charge in [0.25, 0.3) is 5.91 Å². The maximum absolute atomic E-state index is 13.2. The van der Waals surface area contributed by atoms with Crippen molar-refractivity contribution < 1.29 is 4.79 Å². The Kier molecular flexibility index (Phi) is 5.97. The summed E-state index contributed by atoms with van der Waals surface area (Å²) >= 11 is 1.66. The molecule has 1 amide bonds. The summed E-state index contributed by atoms with van der Waals surface area (Å²) in [4.78, 5) is 20.8. The lowest BCUT2D eigenvalue weighted by molar-refractivity contribution is -0.114. The summed E-state index contributed by atoms with van der Waals surface area (Å²) < 4.78 is 0. The summed E-state index contributed by atoms with van der Waals surface area (Å²) in [5.41, 5.74) is 3.32. The van der Waals surface area contributed by atoms with E-state index in [1.807, 2.05) is 35.2 Å². The molecule has 0 spiro atoms. The molecule has 0 bridgehead atoms. The van der Waals surface area contributed by atoms with Crippen LogP contribution in [0.5, 0.6) is 0 Å². The molecule has 2 heterocycles. The van der Waals surface area contributed by atoms with Crippen molar-refractivity contribution in [2.45, 2.75) is 25.9 Å². The number of piperazine rings is 1. The molecule has 2 atom stereocenters. The number of anilines is 2. The molecule has 0 aromatic heterocycles. The van der Waals surface area contributed by atoms with Gasteiger partial charge in [0.1, 0.15) is 0 Å². The first-order valence-corrected chi connectivity index (χ1v) is 11.3. The van der Waals surface area contributed by atoms with Crippen LogP contribution in [0.15, 0.2) is 59.5 Å². The van der Waals surface area contributed by atoms with E-state index in [1.165, 1.54) is 5.69 Å². The molecule has 2 fully saturated rings. The van der Waals surface area contributed by atoms with Gasteiger partial charge in [-0.15, -0.1) is 11.8 Å². The highest BCUT2D eigenvalue weighted by molar-refractivity contribution is 8.04. The fourth-order valence-electron chi connectivity index (χ4n) is 4.14. The zero-order valence-electron chi connectivity index (χ0n) is 17.4. The maximum atomic E-state index is 13.2. The van der Waals surface area contributed by atoms with Crippen LogP contribution in [0.3, 0.4) is 0 Å². The summed E-state index contributed by atoms with van der Waals surface area (Å²) in [7, 11) is 2.20. The topological polar surface area (TPSA) is 26.8 Å². The number of carbonyl (C=O) groups excluding carboxylic acids is 1. The van der Waals surface area contributed by atoms with E-state index < -0.39 is 0 Å². The van der Waals surface area contributed by atoms with Crippen LogP contribution in [0, 0.1) is 0 Å². The second-order valence-electron chi connectivity index (χ2n) is 7.98. The van der Waals surface area contributed by atoms with Crippen molar-refractivity contribution in [3.63, 3.8) is 0 Å². The van der Waals surface area contributed by atoms with Crippen molar-refractivity contribution in [2.75, 3.05) is 42.2 Å². The molecule has 0 N–H and O–H groups in total. The Bertz CT molecular complexity index is 886. The first-order chi connectivity index (χ1) is 14.0. The fraction of sp³-hybridized carbons (Fsp3) is 0.375. The van der Waals surface area contributed by atoms with E-state index in [0.717, 1.165) is 41.5 Å². The molecule has 2 aliphatic heterocycles. The van der Waals surface area contributed by atoms with E-state index in [9.17, 15) is 4.79 Å². The van der Waals surface area contributed by atoms with Gasteiger partial charge in [-0.3, -0.25) is 9.69 Å². The van der Waals surface area contributed by atoms with E-state index in [4.69, 9.17) is 0 Å².